The first-order valence-electron chi connectivity index (χ1n) is 7.85. The summed E-state index contributed by atoms with van der Waals surface area (Å²) in [6.45, 7) is 3.37. The van der Waals surface area contributed by atoms with Crippen molar-refractivity contribution in [3.05, 3.63) is 62.7 Å². The number of nitrogens with zero attached hydrogens (tertiary/aromatic N) is 1. The van der Waals surface area contributed by atoms with E-state index in [1.54, 1.807) is 0 Å². The number of nitro benzene ring substituents is 1. The van der Waals surface area contributed by atoms with Gasteiger partial charge in [-0.1, -0.05) is 29.3 Å². The molecule has 0 aromatic heterocycles. The van der Waals surface area contributed by atoms with Gasteiger partial charge in [-0.15, -0.1) is 11.8 Å². The van der Waals surface area contributed by atoms with Crippen LogP contribution in [0.15, 0.2) is 41.3 Å². The van der Waals surface area contributed by atoms with Crippen molar-refractivity contribution in [3.63, 3.8) is 0 Å². The molecule has 0 unspecified atom stereocenters. The smallest absolute Gasteiger partial charge is 0.316 e. The SMILES string of the molecule is Cc1ccc(C)c(SCC(=O)OCC(=O)Nc2ccc(Cl)cc2[N+](=O)[O-])c1. The van der Waals surface area contributed by atoms with E-state index in [9.17, 15) is 19.7 Å². The number of esters is 1. The molecule has 2 aromatic carbocycles. The number of nitro groups is 1. The van der Waals surface area contributed by atoms with Gasteiger partial charge in [-0.3, -0.25) is 19.7 Å². The number of anilines is 1. The maximum absolute atomic E-state index is 11.9. The topological polar surface area (TPSA) is 98.5 Å². The third-order valence-corrected chi connectivity index (χ3v) is 4.85. The summed E-state index contributed by atoms with van der Waals surface area (Å²) in [5.41, 5.74) is 1.77. The molecule has 0 bridgehead atoms. The molecule has 0 spiro atoms. The van der Waals surface area contributed by atoms with Gasteiger partial charge in [-0.05, 0) is 37.6 Å². The molecule has 0 aliphatic heterocycles. The highest BCUT2D eigenvalue weighted by molar-refractivity contribution is 8.00. The molecule has 27 heavy (non-hydrogen) atoms. The summed E-state index contributed by atoms with van der Waals surface area (Å²) in [6.07, 6.45) is 0. The predicted molar refractivity (Wildman–Crippen MR) is 104 cm³/mol. The van der Waals surface area contributed by atoms with Gasteiger partial charge in [-0.2, -0.15) is 0 Å². The molecule has 1 amide bonds. The predicted octanol–water partition coefficient (Wildman–Crippen LogP) is 4.14. The van der Waals surface area contributed by atoms with E-state index in [-0.39, 0.29) is 22.2 Å². The second-order valence-electron chi connectivity index (χ2n) is 5.69. The molecular formula is C18H17ClN2O5S. The Kier molecular flexibility index (Phi) is 7.20. The molecule has 7 nitrogen and oxygen atoms in total. The summed E-state index contributed by atoms with van der Waals surface area (Å²) in [5.74, 6) is -1.18. The van der Waals surface area contributed by atoms with Crippen LogP contribution in [0.1, 0.15) is 11.1 Å². The average Bonchev–Trinajstić information content (AvgIpc) is 2.62. The minimum Gasteiger partial charge on any atom is -0.455 e. The van der Waals surface area contributed by atoms with E-state index < -0.39 is 23.4 Å². The number of aryl methyl sites for hydroxylation is 2. The van der Waals surface area contributed by atoms with Crippen LogP contribution in [0, 0.1) is 24.0 Å². The Bertz CT molecular complexity index is 888. The first-order chi connectivity index (χ1) is 12.8. The number of hydrogen-bond donors (Lipinski definition) is 1. The summed E-state index contributed by atoms with van der Waals surface area (Å²) in [7, 11) is 0. The Labute approximate surface area is 165 Å². The summed E-state index contributed by atoms with van der Waals surface area (Å²) in [5, 5.41) is 13.5. The maximum Gasteiger partial charge on any atom is 0.316 e. The quantitative estimate of drug-likeness (QED) is 0.320. The minimum atomic E-state index is -0.675. The van der Waals surface area contributed by atoms with E-state index in [1.165, 1.54) is 23.9 Å². The number of hydrogen-bond acceptors (Lipinski definition) is 6. The average molecular weight is 409 g/mol. The highest BCUT2D eigenvalue weighted by Crippen LogP contribution is 2.27. The van der Waals surface area contributed by atoms with Gasteiger partial charge < -0.3 is 10.1 Å². The van der Waals surface area contributed by atoms with E-state index >= 15 is 0 Å². The number of halogens is 1. The van der Waals surface area contributed by atoms with Crippen molar-refractivity contribution >= 4 is 46.6 Å². The number of benzene rings is 2. The Morgan fingerprint density at radius 1 is 1.22 bits per heavy atom. The van der Waals surface area contributed by atoms with Gasteiger partial charge in [0.15, 0.2) is 6.61 Å². The highest BCUT2D eigenvalue weighted by atomic mass is 35.5. The molecule has 2 rings (SSSR count). The van der Waals surface area contributed by atoms with Crippen LogP contribution in [0.4, 0.5) is 11.4 Å². The third-order valence-electron chi connectivity index (χ3n) is 3.48. The molecule has 0 fully saturated rings. The monoisotopic (exact) mass is 408 g/mol. The largest absolute Gasteiger partial charge is 0.455 e. The normalized spacial score (nSPS) is 10.3. The van der Waals surface area contributed by atoms with Gasteiger partial charge in [0.25, 0.3) is 11.6 Å². The van der Waals surface area contributed by atoms with Crippen LogP contribution in [-0.2, 0) is 14.3 Å². The number of carbonyl (C=O) groups excluding carboxylic acids is 2. The van der Waals surface area contributed by atoms with Crippen molar-refractivity contribution in [2.45, 2.75) is 18.7 Å². The number of thioether (sulfide) groups is 1. The Morgan fingerprint density at radius 2 is 1.96 bits per heavy atom. The van der Waals surface area contributed by atoms with Crippen LogP contribution >= 0.6 is 23.4 Å². The van der Waals surface area contributed by atoms with Crippen LogP contribution in [0.25, 0.3) is 0 Å². The molecule has 0 saturated carbocycles. The lowest BCUT2D eigenvalue weighted by Gasteiger charge is -2.08. The first kappa shape index (κ1) is 20.7. The van der Waals surface area contributed by atoms with Crippen molar-refractivity contribution in [1.29, 1.82) is 0 Å². The maximum atomic E-state index is 11.9. The molecule has 0 atom stereocenters. The van der Waals surface area contributed by atoms with Crippen molar-refractivity contribution in [3.8, 4) is 0 Å². The van der Waals surface area contributed by atoms with Gasteiger partial charge in [0, 0.05) is 16.0 Å². The number of rotatable bonds is 7. The van der Waals surface area contributed by atoms with Crippen molar-refractivity contribution < 1.29 is 19.2 Å². The summed E-state index contributed by atoms with van der Waals surface area (Å²) in [6, 6.07) is 9.78. The molecule has 1 N–H and O–H groups in total. The summed E-state index contributed by atoms with van der Waals surface area (Å²) >= 11 is 7.04. The van der Waals surface area contributed by atoms with Crippen molar-refractivity contribution in [2.24, 2.45) is 0 Å². The molecule has 2 aromatic rings. The summed E-state index contributed by atoms with van der Waals surface area (Å²) in [4.78, 5) is 35.0. The van der Waals surface area contributed by atoms with E-state index in [4.69, 9.17) is 16.3 Å². The van der Waals surface area contributed by atoms with Crippen LogP contribution < -0.4 is 5.32 Å². The fourth-order valence-corrected chi connectivity index (χ4v) is 3.22. The molecule has 0 aliphatic carbocycles. The number of ether oxygens (including phenoxy) is 1. The highest BCUT2D eigenvalue weighted by Gasteiger charge is 2.17. The zero-order valence-corrected chi connectivity index (χ0v) is 16.2. The Balaban J connectivity index is 1.86. The van der Waals surface area contributed by atoms with Gasteiger partial charge in [0.1, 0.15) is 5.69 Å². The number of amides is 1. The van der Waals surface area contributed by atoms with Gasteiger partial charge in [0.05, 0.1) is 10.7 Å². The van der Waals surface area contributed by atoms with Gasteiger partial charge in [-0.25, -0.2) is 0 Å². The standard InChI is InChI=1S/C18H17ClN2O5S/c1-11-3-4-12(2)16(7-11)27-10-18(23)26-9-17(22)20-14-6-5-13(19)8-15(14)21(24)25/h3-8H,9-10H2,1-2H3,(H,20,22). The van der Waals surface area contributed by atoms with Gasteiger partial charge >= 0.3 is 5.97 Å². The second-order valence-corrected chi connectivity index (χ2v) is 7.14. The van der Waals surface area contributed by atoms with Crippen LogP contribution in [-0.4, -0.2) is 29.2 Å². The molecule has 0 saturated heterocycles. The van der Waals surface area contributed by atoms with Gasteiger partial charge in [0.2, 0.25) is 0 Å². The first-order valence-corrected chi connectivity index (χ1v) is 9.22. The molecular weight excluding hydrogens is 392 g/mol. The van der Waals surface area contributed by atoms with E-state index in [0.717, 1.165) is 22.1 Å². The second kappa shape index (κ2) is 9.38. The zero-order valence-electron chi connectivity index (χ0n) is 14.7. The summed E-state index contributed by atoms with van der Waals surface area (Å²) < 4.78 is 4.92. The zero-order chi connectivity index (χ0) is 20.0. The van der Waals surface area contributed by atoms with Crippen LogP contribution in [0.5, 0.6) is 0 Å². The van der Waals surface area contributed by atoms with Crippen LogP contribution in [0.3, 0.4) is 0 Å². The van der Waals surface area contributed by atoms with E-state index in [2.05, 4.69) is 5.32 Å². The lowest BCUT2D eigenvalue weighted by molar-refractivity contribution is -0.383. The molecule has 142 valence electrons. The third kappa shape index (κ3) is 6.26. The molecule has 0 radical (unpaired) electrons. The van der Waals surface area contributed by atoms with E-state index in [1.807, 2.05) is 32.0 Å². The van der Waals surface area contributed by atoms with Crippen molar-refractivity contribution in [1.82, 2.24) is 0 Å². The number of carbonyl (C=O) groups is 2. The fraction of sp³-hybridized carbons (Fsp3) is 0.222. The molecule has 9 heteroatoms. The van der Waals surface area contributed by atoms with E-state index in [0.29, 0.717) is 0 Å². The minimum absolute atomic E-state index is 0.0183. The van der Waals surface area contributed by atoms with Crippen LogP contribution in [0.2, 0.25) is 5.02 Å². The lowest BCUT2D eigenvalue weighted by atomic mass is 10.2. The number of nitrogens with one attached hydrogen (secondary N) is 1. The lowest BCUT2D eigenvalue weighted by Crippen LogP contribution is -2.22. The van der Waals surface area contributed by atoms with Crippen molar-refractivity contribution in [2.75, 3.05) is 17.7 Å². The molecule has 0 heterocycles. The molecule has 0 aliphatic rings. The fourth-order valence-electron chi connectivity index (χ4n) is 2.14. The Morgan fingerprint density at radius 3 is 2.67 bits per heavy atom. The Hall–Kier alpha value is -2.58.